The Balaban J connectivity index is 1.84. The zero-order valence-electron chi connectivity index (χ0n) is 12.9. The summed E-state index contributed by atoms with van der Waals surface area (Å²) in [5.41, 5.74) is 1.54. The van der Waals surface area contributed by atoms with Crippen LogP contribution in [0, 0.1) is 0 Å². The molecule has 5 heteroatoms. The molecule has 0 spiro atoms. The van der Waals surface area contributed by atoms with Gasteiger partial charge in [-0.3, -0.25) is 9.78 Å². The first-order chi connectivity index (χ1) is 9.78. The largest absolute Gasteiger partial charge is 0.367 e. The lowest BCUT2D eigenvalue weighted by Gasteiger charge is -2.27. The molecule has 1 amide bonds. The molecule has 3 heterocycles. The molecular weight excluding hydrogens is 266 g/mol. The van der Waals surface area contributed by atoms with Crippen LogP contribution in [0.3, 0.4) is 0 Å². The number of pyridine rings is 1. The predicted octanol–water partition coefficient (Wildman–Crippen LogP) is 2.64. The molecule has 3 rings (SSSR count). The highest BCUT2D eigenvalue weighted by Gasteiger charge is 2.46. The Labute approximate surface area is 124 Å². The van der Waals surface area contributed by atoms with E-state index in [-0.39, 0.29) is 23.2 Å². The lowest BCUT2D eigenvalue weighted by atomic mass is 9.94. The molecule has 112 valence electrons. The van der Waals surface area contributed by atoms with Gasteiger partial charge in [-0.05, 0) is 46.2 Å². The minimum Gasteiger partial charge on any atom is -0.367 e. The van der Waals surface area contributed by atoms with E-state index in [1.807, 2.05) is 39.8 Å². The molecule has 0 bridgehead atoms. The second-order valence-electron chi connectivity index (χ2n) is 6.80. The summed E-state index contributed by atoms with van der Waals surface area (Å²) in [6.45, 7) is 8.13. The van der Waals surface area contributed by atoms with Gasteiger partial charge in [0.25, 0.3) is 5.91 Å². The number of carbonyl (C=O) groups excluding carboxylic acids is 1. The lowest BCUT2D eigenvalue weighted by Crippen LogP contribution is -2.46. The Morgan fingerprint density at radius 1 is 1.43 bits per heavy atom. The maximum atomic E-state index is 12.5. The predicted molar refractivity (Wildman–Crippen MR) is 81.2 cm³/mol. The van der Waals surface area contributed by atoms with Crippen molar-refractivity contribution in [2.24, 2.45) is 0 Å². The molecule has 21 heavy (non-hydrogen) atoms. The summed E-state index contributed by atoms with van der Waals surface area (Å²) in [6, 6.07) is 3.73. The Kier molecular flexibility index (Phi) is 3.06. The molecular formula is C16H21N3O2. The average molecular weight is 287 g/mol. The van der Waals surface area contributed by atoms with Crippen molar-refractivity contribution in [1.82, 2.24) is 15.3 Å². The summed E-state index contributed by atoms with van der Waals surface area (Å²) in [5.74, 6) is -0.112. The topological polar surface area (TPSA) is 67.0 Å². The number of aromatic amines is 1. The third kappa shape index (κ3) is 2.53. The number of nitrogens with zero attached hydrogens (tertiary/aromatic N) is 1. The van der Waals surface area contributed by atoms with Crippen molar-refractivity contribution in [3.8, 4) is 0 Å². The number of hydrogen-bond donors (Lipinski definition) is 2. The maximum absolute atomic E-state index is 12.5. The van der Waals surface area contributed by atoms with Crippen LogP contribution >= 0.6 is 0 Å². The lowest BCUT2D eigenvalue weighted by molar-refractivity contribution is -0.0693. The van der Waals surface area contributed by atoms with Crippen LogP contribution in [0.1, 0.15) is 44.5 Å². The van der Waals surface area contributed by atoms with Gasteiger partial charge in [0, 0.05) is 12.4 Å². The minimum atomic E-state index is -0.376. The molecule has 1 saturated heterocycles. The summed E-state index contributed by atoms with van der Waals surface area (Å²) >= 11 is 0. The van der Waals surface area contributed by atoms with Crippen LogP contribution in [0.25, 0.3) is 11.0 Å². The summed E-state index contributed by atoms with van der Waals surface area (Å²) in [6.07, 6.45) is 4.20. The summed E-state index contributed by atoms with van der Waals surface area (Å²) in [4.78, 5) is 19.9. The van der Waals surface area contributed by atoms with Gasteiger partial charge in [-0.25, -0.2) is 0 Å². The van der Waals surface area contributed by atoms with Crippen LogP contribution in [-0.2, 0) is 4.74 Å². The van der Waals surface area contributed by atoms with E-state index in [0.29, 0.717) is 11.1 Å². The van der Waals surface area contributed by atoms with Gasteiger partial charge >= 0.3 is 0 Å². The Morgan fingerprint density at radius 3 is 2.86 bits per heavy atom. The first-order valence-corrected chi connectivity index (χ1v) is 7.22. The van der Waals surface area contributed by atoms with Crippen LogP contribution in [0.15, 0.2) is 24.5 Å². The minimum absolute atomic E-state index is 0.0198. The highest BCUT2D eigenvalue weighted by Crippen LogP contribution is 2.37. The molecule has 2 aromatic heterocycles. The number of nitrogens with one attached hydrogen (secondary N) is 2. The molecule has 1 atom stereocenters. The van der Waals surface area contributed by atoms with Crippen molar-refractivity contribution >= 4 is 16.9 Å². The molecule has 1 aliphatic heterocycles. The fourth-order valence-corrected chi connectivity index (χ4v) is 3.15. The molecule has 5 nitrogen and oxygen atoms in total. The van der Waals surface area contributed by atoms with Crippen molar-refractivity contribution in [2.75, 3.05) is 0 Å². The number of fused-ring (bicyclic) bond motifs is 1. The van der Waals surface area contributed by atoms with Crippen molar-refractivity contribution in [2.45, 2.75) is 51.4 Å². The molecule has 2 N–H and O–H groups in total. The van der Waals surface area contributed by atoms with Crippen LogP contribution in [-0.4, -0.2) is 33.1 Å². The second kappa shape index (κ2) is 4.56. The van der Waals surface area contributed by atoms with Crippen molar-refractivity contribution in [1.29, 1.82) is 0 Å². The highest BCUT2D eigenvalue weighted by atomic mass is 16.5. The summed E-state index contributed by atoms with van der Waals surface area (Å²) in [5, 5.41) is 3.10. The van der Waals surface area contributed by atoms with Crippen LogP contribution in [0.5, 0.6) is 0 Å². The van der Waals surface area contributed by atoms with Crippen molar-refractivity contribution in [3.05, 3.63) is 30.1 Å². The molecule has 0 saturated carbocycles. The number of ether oxygens (including phenoxy) is 1. The Hall–Kier alpha value is -1.88. The van der Waals surface area contributed by atoms with E-state index in [1.165, 1.54) is 0 Å². The SMILES string of the molecule is CC1(C)CC(NC(=O)c2c[nH]c3cccnc23)C(C)(C)O1. The average Bonchev–Trinajstić information content (AvgIpc) is 2.87. The fourth-order valence-electron chi connectivity index (χ4n) is 3.15. The van der Waals surface area contributed by atoms with Crippen LogP contribution < -0.4 is 5.32 Å². The van der Waals surface area contributed by atoms with Gasteiger partial charge in [0.05, 0.1) is 28.3 Å². The maximum Gasteiger partial charge on any atom is 0.255 e. The fraction of sp³-hybridized carbons (Fsp3) is 0.500. The zero-order valence-corrected chi connectivity index (χ0v) is 12.9. The van der Waals surface area contributed by atoms with E-state index in [1.54, 1.807) is 12.4 Å². The molecule has 1 fully saturated rings. The zero-order chi connectivity index (χ0) is 15.3. The molecule has 0 radical (unpaired) electrons. The van der Waals surface area contributed by atoms with Gasteiger partial charge in [0.1, 0.15) is 5.52 Å². The molecule has 0 aromatic carbocycles. The van der Waals surface area contributed by atoms with Gasteiger partial charge in [0.2, 0.25) is 0 Å². The van der Waals surface area contributed by atoms with E-state index in [9.17, 15) is 4.79 Å². The third-order valence-electron chi connectivity index (χ3n) is 4.06. The van der Waals surface area contributed by atoms with Crippen molar-refractivity contribution < 1.29 is 9.53 Å². The van der Waals surface area contributed by atoms with Crippen LogP contribution in [0.4, 0.5) is 0 Å². The van der Waals surface area contributed by atoms with Crippen molar-refractivity contribution in [3.63, 3.8) is 0 Å². The Morgan fingerprint density at radius 2 is 2.19 bits per heavy atom. The second-order valence-corrected chi connectivity index (χ2v) is 6.80. The van der Waals surface area contributed by atoms with E-state index >= 15 is 0 Å². The summed E-state index contributed by atoms with van der Waals surface area (Å²) in [7, 11) is 0. The van der Waals surface area contributed by atoms with Gasteiger partial charge < -0.3 is 15.0 Å². The van der Waals surface area contributed by atoms with E-state index in [2.05, 4.69) is 15.3 Å². The van der Waals surface area contributed by atoms with Gasteiger partial charge in [-0.2, -0.15) is 0 Å². The Bertz CT molecular complexity index is 688. The normalized spacial score (nSPS) is 23.3. The summed E-state index contributed by atoms with van der Waals surface area (Å²) < 4.78 is 6.02. The van der Waals surface area contributed by atoms with Crippen LogP contribution in [0.2, 0.25) is 0 Å². The van der Waals surface area contributed by atoms with Gasteiger partial charge in [-0.1, -0.05) is 0 Å². The number of rotatable bonds is 2. The number of H-pyrrole nitrogens is 1. The van der Waals surface area contributed by atoms with Gasteiger partial charge in [0.15, 0.2) is 0 Å². The first-order valence-electron chi connectivity index (χ1n) is 7.22. The molecule has 2 aromatic rings. The van der Waals surface area contributed by atoms with E-state index in [4.69, 9.17) is 4.74 Å². The highest BCUT2D eigenvalue weighted by molar-refractivity contribution is 6.05. The number of carbonyl (C=O) groups is 1. The first kappa shape index (κ1) is 14.1. The molecule has 1 unspecified atom stereocenters. The third-order valence-corrected chi connectivity index (χ3v) is 4.06. The smallest absolute Gasteiger partial charge is 0.255 e. The number of amides is 1. The molecule has 0 aliphatic carbocycles. The van der Waals surface area contributed by atoms with Gasteiger partial charge in [-0.15, -0.1) is 0 Å². The number of aromatic nitrogens is 2. The number of hydrogen-bond acceptors (Lipinski definition) is 3. The van der Waals surface area contributed by atoms with E-state index in [0.717, 1.165) is 11.9 Å². The standard InChI is InChI=1S/C16H21N3O2/c1-15(2)8-12(16(3,4)21-15)19-14(20)10-9-18-11-6-5-7-17-13(10)11/h5-7,9,12,18H,8H2,1-4H3,(H,19,20). The quantitative estimate of drug-likeness (QED) is 0.892. The molecule has 1 aliphatic rings. The van der Waals surface area contributed by atoms with E-state index < -0.39 is 0 Å². The monoisotopic (exact) mass is 287 g/mol.